The molecule has 1 unspecified atom stereocenters. The lowest BCUT2D eigenvalue weighted by atomic mass is 10.3. The molecule has 1 aromatic rings. The highest BCUT2D eigenvalue weighted by Crippen LogP contribution is 2.12. The van der Waals surface area contributed by atoms with Gasteiger partial charge in [-0.3, -0.25) is 4.90 Å². The van der Waals surface area contributed by atoms with Crippen LogP contribution in [0, 0.1) is 6.92 Å². The number of ether oxygens (including phenoxy) is 2. The predicted octanol–water partition coefficient (Wildman–Crippen LogP) is 0.926. The summed E-state index contributed by atoms with van der Waals surface area (Å²) in [5.41, 5.74) is 0.896. The van der Waals surface area contributed by atoms with Crippen molar-refractivity contribution >= 4 is 5.95 Å². The third-order valence-corrected chi connectivity index (χ3v) is 3.05. The molecule has 0 saturated carbocycles. The summed E-state index contributed by atoms with van der Waals surface area (Å²) in [5.74, 6) is 1.21. The summed E-state index contributed by atoms with van der Waals surface area (Å²) in [6.45, 7) is 8.65. The van der Waals surface area contributed by atoms with Crippen LogP contribution < -0.4 is 10.1 Å². The van der Waals surface area contributed by atoms with Crippen LogP contribution in [0.5, 0.6) is 5.88 Å². The molecule has 1 fully saturated rings. The van der Waals surface area contributed by atoms with Crippen LogP contribution in [0.1, 0.15) is 12.6 Å². The topological polar surface area (TPSA) is 59.5 Å². The SMILES string of the molecule is COc1cc(C)nc(NC(C)CN2CCOCC2)n1. The first-order valence-electron chi connectivity index (χ1n) is 6.63. The Morgan fingerprint density at radius 1 is 1.42 bits per heavy atom. The standard InChI is InChI=1S/C13H22N4O2/c1-10-8-12(18-3)16-13(14-10)15-11(2)9-17-4-6-19-7-5-17/h8,11H,4-7,9H2,1-3H3,(H,14,15,16). The highest BCUT2D eigenvalue weighted by molar-refractivity contribution is 5.31. The maximum Gasteiger partial charge on any atom is 0.226 e. The van der Waals surface area contributed by atoms with Gasteiger partial charge in [-0.25, -0.2) is 4.98 Å². The van der Waals surface area contributed by atoms with E-state index >= 15 is 0 Å². The molecule has 0 spiro atoms. The monoisotopic (exact) mass is 266 g/mol. The molecule has 2 rings (SSSR count). The van der Waals surface area contributed by atoms with Crippen LogP contribution in [0.15, 0.2) is 6.07 Å². The van der Waals surface area contributed by atoms with Gasteiger partial charge in [-0.05, 0) is 13.8 Å². The molecule has 1 aromatic heterocycles. The van der Waals surface area contributed by atoms with E-state index in [1.807, 2.05) is 13.0 Å². The number of nitrogens with one attached hydrogen (secondary N) is 1. The van der Waals surface area contributed by atoms with Crippen molar-refractivity contribution in [2.75, 3.05) is 45.3 Å². The summed E-state index contributed by atoms with van der Waals surface area (Å²) in [6, 6.07) is 2.10. The van der Waals surface area contributed by atoms with Gasteiger partial charge in [0, 0.05) is 37.4 Å². The van der Waals surface area contributed by atoms with Crippen molar-refractivity contribution in [3.05, 3.63) is 11.8 Å². The Labute approximate surface area is 114 Å². The lowest BCUT2D eigenvalue weighted by Crippen LogP contribution is -2.42. The highest BCUT2D eigenvalue weighted by Gasteiger charge is 2.14. The minimum atomic E-state index is 0.282. The van der Waals surface area contributed by atoms with Crippen molar-refractivity contribution in [1.82, 2.24) is 14.9 Å². The van der Waals surface area contributed by atoms with E-state index in [1.54, 1.807) is 7.11 Å². The average Bonchev–Trinajstić information content (AvgIpc) is 2.38. The number of morpholine rings is 1. The van der Waals surface area contributed by atoms with E-state index in [9.17, 15) is 0 Å². The smallest absolute Gasteiger partial charge is 0.226 e. The molecule has 1 aliphatic heterocycles. The first kappa shape index (κ1) is 14.0. The zero-order valence-corrected chi connectivity index (χ0v) is 11.8. The number of anilines is 1. The molecular formula is C13H22N4O2. The number of methoxy groups -OCH3 is 1. The molecule has 2 heterocycles. The van der Waals surface area contributed by atoms with E-state index in [0.29, 0.717) is 11.8 Å². The molecule has 106 valence electrons. The van der Waals surface area contributed by atoms with Crippen LogP contribution >= 0.6 is 0 Å². The first-order chi connectivity index (χ1) is 9.17. The molecule has 1 saturated heterocycles. The summed E-state index contributed by atoms with van der Waals surface area (Å²) >= 11 is 0. The van der Waals surface area contributed by atoms with Crippen LogP contribution in [0.4, 0.5) is 5.95 Å². The zero-order chi connectivity index (χ0) is 13.7. The van der Waals surface area contributed by atoms with Gasteiger partial charge in [0.15, 0.2) is 0 Å². The van der Waals surface area contributed by atoms with Gasteiger partial charge in [0.2, 0.25) is 11.8 Å². The van der Waals surface area contributed by atoms with Gasteiger partial charge in [0.05, 0.1) is 20.3 Å². The molecule has 1 aliphatic rings. The van der Waals surface area contributed by atoms with Crippen molar-refractivity contribution in [1.29, 1.82) is 0 Å². The van der Waals surface area contributed by atoms with Crippen molar-refractivity contribution in [3.8, 4) is 5.88 Å². The van der Waals surface area contributed by atoms with E-state index in [1.165, 1.54) is 0 Å². The third-order valence-electron chi connectivity index (χ3n) is 3.05. The van der Waals surface area contributed by atoms with Gasteiger partial charge in [0.25, 0.3) is 0 Å². The molecule has 0 bridgehead atoms. The van der Waals surface area contributed by atoms with Gasteiger partial charge in [-0.15, -0.1) is 0 Å². The van der Waals surface area contributed by atoms with Gasteiger partial charge in [-0.1, -0.05) is 0 Å². The number of nitrogens with zero attached hydrogens (tertiary/aromatic N) is 3. The minimum Gasteiger partial charge on any atom is -0.481 e. The van der Waals surface area contributed by atoms with E-state index < -0.39 is 0 Å². The maximum absolute atomic E-state index is 5.34. The average molecular weight is 266 g/mol. The second-order valence-electron chi connectivity index (χ2n) is 4.83. The van der Waals surface area contributed by atoms with E-state index in [-0.39, 0.29) is 6.04 Å². The fraction of sp³-hybridized carbons (Fsp3) is 0.692. The van der Waals surface area contributed by atoms with Crippen LogP contribution in [-0.4, -0.2) is 60.9 Å². The maximum atomic E-state index is 5.34. The van der Waals surface area contributed by atoms with E-state index in [2.05, 4.69) is 27.1 Å². The Balaban J connectivity index is 1.90. The fourth-order valence-electron chi connectivity index (χ4n) is 2.15. The van der Waals surface area contributed by atoms with Gasteiger partial charge in [-0.2, -0.15) is 4.98 Å². The Kier molecular flexibility index (Phi) is 4.93. The lowest BCUT2D eigenvalue weighted by Gasteiger charge is -2.29. The first-order valence-corrected chi connectivity index (χ1v) is 6.63. The van der Waals surface area contributed by atoms with E-state index in [0.717, 1.165) is 38.5 Å². The van der Waals surface area contributed by atoms with Gasteiger partial charge >= 0.3 is 0 Å². The number of aromatic nitrogens is 2. The fourth-order valence-corrected chi connectivity index (χ4v) is 2.15. The molecule has 19 heavy (non-hydrogen) atoms. The second kappa shape index (κ2) is 6.68. The highest BCUT2D eigenvalue weighted by atomic mass is 16.5. The molecule has 0 aromatic carbocycles. The Morgan fingerprint density at radius 2 is 2.16 bits per heavy atom. The minimum absolute atomic E-state index is 0.282. The number of hydrogen-bond acceptors (Lipinski definition) is 6. The second-order valence-corrected chi connectivity index (χ2v) is 4.83. The predicted molar refractivity (Wildman–Crippen MR) is 73.7 cm³/mol. The van der Waals surface area contributed by atoms with Crippen LogP contribution in [0.3, 0.4) is 0 Å². The Morgan fingerprint density at radius 3 is 2.84 bits per heavy atom. The molecule has 0 amide bonds. The largest absolute Gasteiger partial charge is 0.481 e. The molecule has 1 N–H and O–H groups in total. The summed E-state index contributed by atoms with van der Waals surface area (Å²) in [7, 11) is 1.61. The summed E-state index contributed by atoms with van der Waals surface area (Å²) in [6.07, 6.45) is 0. The number of aryl methyl sites for hydroxylation is 1. The van der Waals surface area contributed by atoms with Crippen LogP contribution in [0.2, 0.25) is 0 Å². The van der Waals surface area contributed by atoms with E-state index in [4.69, 9.17) is 9.47 Å². The normalized spacial score (nSPS) is 18.1. The molecule has 6 heteroatoms. The molecule has 1 atom stereocenters. The molecule has 6 nitrogen and oxygen atoms in total. The number of rotatable bonds is 5. The Bertz CT molecular complexity index is 408. The number of hydrogen-bond donors (Lipinski definition) is 1. The van der Waals surface area contributed by atoms with Crippen LogP contribution in [-0.2, 0) is 4.74 Å². The molecule has 0 aliphatic carbocycles. The van der Waals surface area contributed by atoms with Gasteiger partial charge in [0.1, 0.15) is 0 Å². The zero-order valence-electron chi connectivity index (χ0n) is 11.8. The quantitative estimate of drug-likeness (QED) is 0.855. The van der Waals surface area contributed by atoms with Crippen LogP contribution in [0.25, 0.3) is 0 Å². The van der Waals surface area contributed by atoms with Crippen molar-refractivity contribution < 1.29 is 9.47 Å². The molecular weight excluding hydrogens is 244 g/mol. The third kappa shape index (κ3) is 4.33. The van der Waals surface area contributed by atoms with Gasteiger partial charge < -0.3 is 14.8 Å². The van der Waals surface area contributed by atoms with Crippen molar-refractivity contribution in [2.45, 2.75) is 19.9 Å². The Hall–Kier alpha value is -1.40. The summed E-state index contributed by atoms with van der Waals surface area (Å²) in [5, 5.41) is 3.32. The summed E-state index contributed by atoms with van der Waals surface area (Å²) < 4.78 is 10.5. The lowest BCUT2D eigenvalue weighted by molar-refractivity contribution is 0.0368. The van der Waals surface area contributed by atoms with Crippen molar-refractivity contribution in [2.24, 2.45) is 0 Å². The molecule has 0 radical (unpaired) electrons. The summed E-state index contributed by atoms with van der Waals surface area (Å²) in [4.78, 5) is 11.1. The van der Waals surface area contributed by atoms with Crippen molar-refractivity contribution in [3.63, 3.8) is 0 Å².